The van der Waals surface area contributed by atoms with E-state index in [1.54, 1.807) is 53.2 Å². The Kier molecular flexibility index (Phi) is 4.58. The van der Waals surface area contributed by atoms with Crippen molar-refractivity contribution in [3.05, 3.63) is 60.3 Å². The Bertz CT molecular complexity index is 1130. The van der Waals surface area contributed by atoms with Gasteiger partial charge in [-0.05, 0) is 35.9 Å². The first-order valence-electron chi connectivity index (χ1n) is 8.32. The topological polar surface area (TPSA) is 99.1 Å². The molecule has 3 N–H and O–H groups in total. The summed E-state index contributed by atoms with van der Waals surface area (Å²) in [4.78, 5) is 12.9. The quantitative estimate of drug-likeness (QED) is 0.549. The molecule has 0 aliphatic carbocycles. The van der Waals surface area contributed by atoms with E-state index < -0.39 is 6.61 Å². The predicted molar refractivity (Wildman–Crippen MR) is 99.1 cm³/mol. The molecule has 3 aromatic heterocycles. The molecule has 4 aromatic rings. The highest BCUT2D eigenvalue weighted by Crippen LogP contribution is 2.31. The lowest BCUT2D eigenvalue weighted by atomic mass is 10.2. The minimum atomic E-state index is -2.99. The highest BCUT2D eigenvalue weighted by molar-refractivity contribution is 5.83. The monoisotopic (exact) mass is 383 g/mol. The lowest BCUT2D eigenvalue weighted by Gasteiger charge is -2.11. The average molecular weight is 383 g/mol. The van der Waals surface area contributed by atoms with E-state index in [-0.39, 0.29) is 18.3 Å². The number of imidazole rings is 1. The molecule has 0 saturated heterocycles. The van der Waals surface area contributed by atoms with Crippen molar-refractivity contribution in [2.75, 3.05) is 5.73 Å². The average Bonchev–Trinajstić information content (AvgIpc) is 3.06. The highest BCUT2D eigenvalue weighted by Gasteiger charge is 2.19. The van der Waals surface area contributed by atoms with Crippen molar-refractivity contribution in [2.45, 2.75) is 13.2 Å². The summed E-state index contributed by atoms with van der Waals surface area (Å²) in [7, 11) is 0. The van der Waals surface area contributed by atoms with Crippen LogP contribution >= 0.6 is 0 Å². The Labute approximate surface area is 158 Å². The van der Waals surface area contributed by atoms with Crippen LogP contribution in [0.5, 0.6) is 5.88 Å². The largest absolute Gasteiger partial charge is 0.417 e. The van der Waals surface area contributed by atoms with Gasteiger partial charge in [0.2, 0.25) is 5.88 Å². The summed E-state index contributed by atoms with van der Waals surface area (Å²) in [6.45, 7) is -3.09. The maximum Gasteiger partial charge on any atom is 0.388 e. The molecule has 9 heteroatoms. The number of nitrogen functional groups attached to an aromatic ring is 1. The third-order valence-electron chi connectivity index (χ3n) is 4.15. The van der Waals surface area contributed by atoms with Crippen LogP contribution in [0.25, 0.3) is 28.2 Å². The van der Waals surface area contributed by atoms with Crippen LogP contribution in [-0.2, 0) is 6.61 Å². The molecule has 1 aromatic carbocycles. The van der Waals surface area contributed by atoms with Crippen LogP contribution in [0.3, 0.4) is 0 Å². The van der Waals surface area contributed by atoms with Crippen LogP contribution in [0.1, 0.15) is 5.56 Å². The van der Waals surface area contributed by atoms with Crippen LogP contribution in [0.4, 0.5) is 14.6 Å². The fourth-order valence-electron chi connectivity index (χ4n) is 2.88. The first-order chi connectivity index (χ1) is 13.6. The Morgan fingerprint density at radius 1 is 1.07 bits per heavy atom. The number of aliphatic hydroxyl groups excluding tert-OH is 1. The number of alkyl halides is 2. The molecule has 0 fully saturated rings. The Morgan fingerprint density at radius 2 is 1.86 bits per heavy atom. The molecule has 0 amide bonds. The lowest BCUT2D eigenvalue weighted by Crippen LogP contribution is -2.05. The Balaban J connectivity index is 1.98. The molecule has 3 heterocycles. The van der Waals surface area contributed by atoms with Crippen molar-refractivity contribution in [1.82, 2.24) is 19.5 Å². The van der Waals surface area contributed by atoms with Crippen LogP contribution in [0.15, 0.2) is 54.7 Å². The fourth-order valence-corrected chi connectivity index (χ4v) is 2.88. The molecule has 7 nitrogen and oxygen atoms in total. The van der Waals surface area contributed by atoms with Crippen molar-refractivity contribution in [1.29, 1.82) is 0 Å². The van der Waals surface area contributed by atoms with Crippen LogP contribution in [0.2, 0.25) is 0 Å². The van der Waals surface area contributed by atoms with Gasteiger partial charge >= 0.3 is 6.61 Å². The van der Waals surface area contributed by atoms with Gasteiger partial charge in [0, 0.05) is 18.0 Å². The second kappa shape index (κ2) is 7.20. The van der Waals surface area contributed by atoms with Crippen molar-refractivity contribution in [3.63, 3.8) is 0 Å². The number of nitrogens with two attached hydrogens (primary N) is 1. The summed E-state index contributed by atoms with van der Waals surface area (Å²) in [6.07, 6.45) is 1.56. The molecule has 28 heavy (non-hydrogen) atoms. The second-order valence-electron chi connectivity index (χ2n) is 5.90. The van der Waals surface area contributed by atoms with Gasteiger partial charge in [-0.15, -0.1) is 0 Å². The molecule has 0 atom stereocenters. The van der Waals surface area contributed by atoms with E-state index in [9.17, 15) is 13.9 Å². The zero-order chi connectivity index (χ0) is 19.7. The Hall–Kier alpha value is -3.59. The molecule has 0 bridgehead atoms. The number of aromatic nitrogens is 4. The number of fused-ring (bicyclic) bond motifs is 1. The molecule has 0 saturated carbocycles. The minimum absolute atomic E-state index is 0.0992. The number of hydrogen-bond acceptors (Lipinski definition) is 6. The van der Waals surface area contributed by atoms with Crippen molar-refractivity contribution in [2.24, 2.45) is 0 Å². The highest BCUT2D eigenvalue weighted by atomic mass is 19.3. The molecule has 0 radical (unpaired) electrons. The number of ether oxygens (including phenoxy) is 1. The summed E-state index contributed by atoms with van der Waals surface area (Å²) in [5.41, 5.74) is 8.79. The molecule has 0 aliphatic rings. The van der Waals surface area contributed by atoms with Crippen LogP contribution in [-0.4, -0.2) is 31.2 Å². The zero-order valence-corrected chi connectivity index (χ0v) is 14.5. The first kappa shape index (κ1) is 17.8. The predicted octanol–water partition coefficient (Wildman–Crippen LogP) is 3.16. The van der Waals surface area contributed by atoms with Gasteiger partial charge < -0.3 is 15.6 Å². The summed E-state index contributed by atoms with van der Waals surface area (Å²) in [5, 5.41) is 9.28. The van der Waals surface area contributed by atoms with E-state index in [0.717, 1.165) is 5.56 Å². The minimum Gasteiger partial charge on any atom is -0.417 e. The van der Waals surface area contributed by atoms with Crippen LogP contribution in [0, 0.1) is 0 Å². The number of nitrogens with zero attached hydrogens (tertiary/aromatic N) is 4. The third-order valence-corrected chi connectivity index (χ3v) is 4.15. The fraction of sp³-hybridized carbons (Fsp3) is 0.105. The summed E-state index contributed by atoms with van der Waals surface area (Å²) in [5.74, 6) is 0.510. The molecule has 0 aliphatic heterocycles. The lowest BCUT2D eigenvalue weighted by molar-refractivity contribution is -0.0526. The number of benzene rings is 1. The van der Waals surface area contributed by atoms with Gasteiger partial charge in [-0.25, -0.2) is 9.97 Å². The van der Waals surface area contributed by atoms with Gasteiger partial charge in [0.25, 0.3) is 0 Å². The van der Waals surface area contributed by atoms with Crippen molar-refractivity contribution >= 4 is 17.0 Å². The number of aliphatic hydroxyl groups is 1. The normalized spacial score (nSPS) is 11.3. The summed E-state index contributed by atoms with van der Waals surface area (Å²) >= 11 is 0. The maximum atomic E-state index is 12.6. The Morgan fingerprint density at radius 3 is 2.54 bits per heavy atom. The third kappa shape index (κ3) is 3.23. The zero-order valence-electron chi connectivity index (χ0n) is 14.5. The number of anilines is 1. The number of rotatable bonds is 5. The maximum absolute atomic E-state index is 12.6. The van der Waals surface area contributed by atoms with E-state index in [2.05, 4.69) is 19.7 Å². The van der Waals surface area contributed by atoms with E-state index >= 15 is 0 Å². The van der Waals surface area contributed by atoms with Crippen molar-refractivity contribution < 1.29 is 18.6 Å². The van der Waals surface area contributed by atoms with Gasteiger partial charge in [0.15, 0.2) is 11.5 Å². The van der Waals surface area contributed by atoms with E-state index in [4.69, 9.17) is 5.73 Å². The molecule has 0 spiro atoms. The first-order valence-corrected chi connectivity index (χ1v) is 8.32. The van der Waals surface area contributed by atoms with Gasteiger partial charge in [0.05, 0.1) is 12.2 Å². The summed E-state index contributed by atoms with van der Waals surface area (Å²) < 4.78 is 31.4. The van der Waals surface area contributed by atoms with E-state index in [0.29, 0.717) is 28.2 Å². The summed E-state index contributed by atoms with van der Waals surface area (Å²) in [6, 6.07) is 13.4. The SMILES string of the molecule is Nc1ncccc1-c1nc2ccc(OC(F)F)nc2n1-c1ccc(CO)cc1. The van der Waals surface area contributed by atoms with E-state index in [1.807, 2.05) is 0 Å². The molecule has 142 valence electrons. The molecule has 0 unspecified atom stereocenters. The smallest absolute Gasteiger partial charge is 0.388 e. The molecule has 4 rings (SSSR count). The number of hydrogen-bond donors (Lipinski definition) is 2. The van der Waals surface area contributed by atoms with Gasteiger partial charge in [-0.1, -0.05) is 12.1 Å². The second-order valence-corrected chi connectivity index (χ2v) is 5.90. The van der Waals surface area contributed by atoms with E-state index in [1.165, 1.54) is 6.07 Å². The van der Waals surface area contributed by atoms with Crippen LogP contribution < -0.4 is 10.5 Å². The van der Waals surface area contributed by atoms with Gasteiger partial charge in [0.1, 0.15) is 11.3 Å². The molecular weight excluding hydrogens is 368 g/mol. The number of pyridine rings is 2. The standard InChI is InChI=1S/C19H15F2N5O2/c20-19(21)28-15-8-7-14-18(25-15)26(12-5-3-11(10-27)4-6-12)17(24-14)13-2-1-9-23-16(13)22/h1-9,19,27H,10H2,(H2,22,23). The number of halogens is 2. The van der Waals surface area contributed by atoms with Gasteiger partial charge in [-0.3, -0.25) is 4.57 Å². The van der Waals surface area contributed by atoms with Gasteiger partial charge in [-0.2, -0.15) is 13.8 Å². The van der Waals surface area contributed by atoms with Crippen molar-refractivity contribution in [3.8, 4) is 23.0 Å². The molecular formula is C19H15F2N5O2.